The van der Waals surface area contributed by atoms with E-state index in [1.807, 2.05) is 18.2 Å². The lowest BCUT2D eigenvalue weighted by Crippen LogP contribution is -2.38. The number of amides is 1. The van der Waals surface area contributed by atoms with Gasteiger partial charge in [-0.05, 0) is 54.7 Å². The minimum Gasteiger partial charge on any atom is -0.493 e. The van der Waals surface area contributed by atoms with Gasteiger partial charge in [-0.15, -0.1) is 0 Å². The minimum absolute atomic E-state index is 0.113. The maximum absolute atomic E-state index is 13.9. The number of benzene rings is 2. The Morgan fingerprint density at radius 3 is 2.59 bits per heavy atom. The monoisotopic (exact) mass is 598 g/mol. The summed E-state index contributed by atoms with van der Waals surface area (Å²) in [5.74, 6) is 1.58. The van der Waals surface area contributed by atoms with Crippen LogP contribution >= 0.6 is 15.9 Å². The fourth-order valence-electron chi connectivity index (χ4n) is 5.24. The van der Waals surface area contributed by atoms with Crippen LogP contribution in [0.5, 0.6) is 11.5 Å². The van der Waals surface area contributed by atoms with Crippen LogP contribution in [0.4, 0.5) is 0 Å². The summed E-state index contributed by atoms with van der Waals surface area (Å²) in [5.41, 5.74) is 1.35. The highest BCUT2D eigenvalue weighted by Gasteiger charge is 2.42. The molecule has 2 aromatic carbocycles. The van der Waals surface area contributed by atoms with Crippen molar-refractivity contribution in [3.05, 3.63) is 68.0 Å². The molecule has 0 radical (unpaired) electrons. The van der Waals surface area contributed by atoms with E-state index in [1.165, 1.54) is 0 Å². The van der Waals surface area contributed by atoms with Crippen LogP contribution in [0, 0.1) is 5.92 Å². The van der Waals surface area contributed by atoms with Gasteiger partial charge >= 0.3 is 0 Å². The van der Waals surface area contributed by atoms with Crippen LogP contribution in [-0.4, -0.2) is 68.8 Å². The van der Waals surface area contributed by atoms with E-state index in [2.05, 4.69) is 34.7 Å². The Kier molecular flexibility index (Phi) is 8.59. The van der Waals surface area contributed by atoms with Gasteiger partial charge in [0.25, 0.3) is 5.91 Å². The average molecular weight is 600 g/mol. The Balaban J connectivity index is 1.51. The van der Waals surface area contributed by atoms with E-state index in [0.29, 0.717) is 47.1 Å². The zero-order chi connectivity index (χ0) is 27.5. The third-order valence-corrected chi connectivity index (χ3v) is 7.85. The molecule has 8 nitrogen and oxygen atoms in total. The largest absolute Gasteiger partial charge is 0.493 e. The number of carbonyl (C=O) groups is 1. The van der Waals surface area contributed by atoms with Crippen molar-refractivity contribution in [1.29, 1.82) is 0 Å². The second-order valence-corrected chi connectivity index (χ2v) is 11.4. The number of ether oxygens (including phenoxy) is 3. The number of rotatable bonds is 10. The van der Waals surface area contributed by atoms with Crippen molar-refractivity contribution in [3.63, 3.8) is 0 Å². The SMILES string of the molecule is COc1cc(C2c3c(oc4ccc(Br)cc4c3=O)C(=O)N2CCCN2CCOCC2)ccc1OCCC(C)C. The number of fused-ring (bicyclic) bond motifs is 2. The van der Waals surface area contributed by atoms with Crippen LogP contribution in [0.1, 0.15) is 54.4 Å². The summed E-state index contributed by atoms with van der Waals surface area (Å²) in [6.45, 7) is 9.43. The van der Waals surface area contributed by atoms with Crippen LogP contribution in [0.3, 0.4) is 0 Å². The molecule has 1 atom stereocenters. The first-order chi connectivity index (χ1) is 18.9. The molecule has 0 aliphatic carbocycles. The van der Waals surface area contributed by atoms with Crippen LogP contribution < -0.4 is 14.9 Å². The van der Waals surface area contributed by atoms with Crippen molar-refractivity contribution in [2.24, 2.45) is 5.92 Å². The smallest absolute Gasteiger partial charge is 0.290 e. The molecular weight excluding hydrogens is 564 g/mol. The highest BCUT2D eigenvalue weighted by atomic mass is 79.9. The lowest BCUT2D eigenvalue weighted by Gasteiger charge is -2.29. The maximum atomic E-state index is 13.9. The van der Waals surface area contributed by atoms with E-state index < -0.39 is 6.04 Å². The molecule has 0 bridgehead atoms. The molecule has 1 fully saturated rings. The normalized spacial score (nSPS) is 17.7. The fourth-order valence-corrected chi connectivity index (χ4v) is 5.60. The van der Waals surface area contributed by atoms with Crippen molar-refractivity contribution in [3.8, 4) is 11.5 Å². The molecule has 208 valence electrons. The minimum atomic E-state index is -0.588. The van der Waals surface area contributed by atoms with E-state index >= 15 is 0 Å². The van der Waals surface area contributed by atoms with Crippen molar-refractivity contribution < 1.29 is 23.4 Å². The van der Waals surface area contributed by atoms with Gasteiger partial charge in [-0.3, -0.25) is 14.5 Å². The number of nitrogens with zero attached hydrogens (tertiary/aromatic N) is 2. The number of hydrogen-bond acceptors (Lipinski definition) is 7. The summed E-state index contributed by atoms with van der Waals surface area (Å²) in [6.07, 6.45) is 1.69. The molecule has 2 aliphatic heterocycles. The predicted molar refractivity (Wildman–Crippen MR) is 153 cm³/mol. The lowest BCUT2D eigenvalue weighted by atomic mass is 9.98. The molecule has 3 heterocycles. The number of methoxy groups -OCH3 is 1. The van der Waals surface area contributed by atoms with Crippen LogP contribution in [-0.2, 0) is 4.74 Å². The Bertz CT molecular complexity index is 1400. The zero-order valence-corrected chi connectivity index (χ0v) is 24.3. The Morgan fingerprint density at radius 1 is 1.05 bits per heavy atom. The molecule has 1 unspecified atom stereocenters. The first kappa shape index (κ1) is 27.7. The zero-order valence-electron chi connectivity index (χ0n) is 22.7. The first-order valence-electron chi connectivity index (χ1n) is 13.6. The van der Waals surface area contributed by atoms with Crippen LogP contribution in [0.15, 0.2) is 50.1 Å². The molecule has 2 aliphatic rings. The van der Waals surface area contributed by atoms with Gasteiger partial charge in [0.05, 0.1) is 43.9 Å². The molecule has 1 aromatic heterocycles. The van der Waals surface area contributed by atoms with Gasteiger partial charge in [-0.2, -0.15) is 0 Å². The molecule has 5 rings (SSSR count). The van der Waals surface area contributed by atoms with E-state index in [-0.39, 0.29) is 17.1 Å². The Hall–Kier alpha value is -2.88. The van der Waals surface area contributed by atoms with E-state index in [9.17, 15) is 9.59 Å². The van der Waals surface area contributed by atoms with E-state index in [0.717, 1.165) is 55.7 Å². The van der Waals surface area contributed by atoms with E-state index in [4.69, 9.17) is 18.6 Å². The van der Waals surface area contributed by atoms with Gasteiger partial charge in [0.15, 0.2) is 16.9 Å². The summed E-state index contributed by atoms with van der Waals surface area (Å²) in [7, 11) is 1.60. The van der Waals surface area contributed by atoms with Crippen molar-refractivity contribution in [1.82, 2.24) is 9.80 Å². The van der Waals surface area contributed by atoms with Gasteiger partial charge in [0, 0.05) is 30.7 Å². The number of morpholine rings is 1. The quantitative estimate of drug-likeness (QED) is 0.315. The van der Waals surface area contributed by atoms with Gasteiger partial charge in [0.2, 0.25) is 5.76 Å². The fraction of sp³-hybridized carbons (Fsp3) is 0.467. The van der Waals surface area contributed by atoms with Gasteiger partial charge in [-0.1, -0.05) is 35.8 Å². The van der Waals surface area contributed by atoms with Crippen LogP contribution in [0.25, 0.3) is 11.0 Å². The summed E-state index contributed by atoms with van der Waals surface area (Å²) in [6, 6.07) is 10.3. The number of carbonyl (C=O) groups excluding carboxylic acids is 1. The molecule has 0 spiro atoms. The number of halogens is 1. The predicted octanol–water partition coefficient (Wildman–Crippen LogP) is 5.26. The topological polar surface area (TPSA) is 81.5 Å². The molecule has 39 heavy (non-hydrogen) atoms. The van der Waals surface area contributed by atoms with Crippen molar-refractivity contribution in [2.45, 2.75) is 32.7 Å². The summed E-state index contributed by atoms with van der Waals surface area (Å²) >= 11 is 3.46. The first-order valence-corrected chi connectivity index (χ1v) is 14.3. The van der Waals surface area contributed by atoms with Gasteiger partial charge in [-0.25, -0.2) is 0 Å². The van der Waals surface area contributed by atoms with Gasteiger partial charge in [0.1, 0.15) is 5.58 Å². The third kappa shape index (κ3) is 5.85. The second-order valence-electron chi connectivity index (χ2n) is 10.5. The second kappa shape index (κ2) is 12.1. The maximum Gasteiger partial charge on any atom is 0.290 e. The van der Waals surface area contributed by atoms with Gasteiger partial charge < -0.3 is 23.5 Å². The van der Waals surface area contributed by atoms with Crippen molar-refractivity contribution >= 4 is 32.8 Å². The molecule has 1 amide bonds. The molecule has 3 aromatic rings. The molecule has 0 saturated carbocycles. The highest BCUT2D eigenvalue weighted by molar-refractivity contribution is 9.10. The van der Waals surface area contributed by atoms with E-state index in [1.54, 1.807) is 30.2 Å². The molecule has 0 N–H and O–H groups in total. The average Bonchev–Trinajstić information content (AvgIpc) is 3.21. The number of hydrogen-bond donors (Lipinski definition) is 0. The third-order valence-electron chi connectivity index (χ3n) is 7.36. The summed E-state index contributed by atoms with van der Waals surface area (Å²) < 4.78 is 24.0. The molecular formula is C30H35BrN2O6. The Labute approximate surface area is 236 Å². The highest BCUT2D eigenvalue weighted by Crippen LogP contribution is 2.41. The lowest BCUT2D eigenvalue weighted by molar-refractivity contribution is 0.0353. The van der Waals surface area contributed by atoms with Crippen molar-refractivity contribution in [2.75, 3.05) is 53.1 Å². The molecule has 9 heteroatoms. The van der Waals surface area contributed by atoms with Crippen LogP contribution in [0.2, 0.25) is 0 Å². The summed E-state index contributed by atoms with van der Waals surface area (Å²) in [4.78, 5) is 31.7. The summed E-state index contributed by atoms with van der Waals surface area (Å²) in [5, 5.41) is 0.441. The Morgan fingerprint density at radius 2 is 1.85 bits per heavy atom. The molecule has 1 saturated heterocycles. The standard InChI is InChI=1S/C30H35BrN2O6/c1-19(2)9-14-38-24-7-5-20(17-25(24)36-3)27-26-28(34)22-18-21(31)6-8-23(22)39-29(26)30(35)33(27)11-4-10-32-12-15-37-16-13-32/h5-8,17-19,27H,4,9-16H2,1-3H3.